The SMILES string of the molecule is CC(c1ccccc1Cl)N(C)C1(CN)CCS(=O)(=O)CC1. The fourth-order valence-corrected chi connectivity index (χ4v) is 4.93. The Morgan fingerprint density at radius 2 is 1.90 bits per heavy atom. The lowest BCUT2D eigenvalue weighted by Crippen LogP contribution is -2.56. The number of nitrogens with zero attached hydrogens (tertiary/aromatic N) is 1. The van der Waals surface area contributed by atoms with Crippen LogP contribution in [0.1, 0.15) is 31.4 Å². The molecule has 21 heavy (non-hydrogen) atoms. The minimum atomic E-state index is -2.90. The molecule has 1 saturated heterocycles. The van der Waals surface area contributed by atoms with Gasteiger partial charge in [-0.05, 0) is 38.4 Å². The van der Waals surface area contributed by atoms with Gasteiger partial charge in [0.25, 0.3) is 0 Å². The molecule has 0 spiro atoms. The molecule has 1 atom stereocenters. The lowest BCUT2D eigenvalue weighted by atomic mass is 9.88. The van der Waals surface area contributed by atoms with E-state index in [1.807, 2.05) is 31.3 Å². The Morgan fingerprint density at radius 1 is 1.33 bits per heavy atom. The van der Waals surface area contributed by atoms with Gasteiger partial charge < -0.3 is 5.73 Å². The molecule has 1 fully saturated rings. The summed E-state index contributed by atoms with van der Waals surface area (Å²) in [5.41, 5.74) is 6.78. The molecular weight excluding hydrogens is 308 g/mol. The van der Waals surface area contributed by atoms with E-state index in [2.05, 4.69) is 11.8 Å². The summed E-state index contributed by atoms with van der Waals surface area (Å²) in [6.45, 7) is 2.54. The van der Waals surface area contributed by atoms with E-state index in [1.54, 1.807) is 0 Å². The molecule has 1 heterocycles. The first-order valence-electron chi connectivity index (χ1n) is 7.19. The van der Waals surface area contributed by atoms with E-state index >= 15 is 0 Å². The minimum absolute atomic E-state index is 0.0862. The third kappa shape index (κ3) is 3.42. The fourth-order valence-electron chi connectivity index (χ4n) is 3.05. The summed E-state index contributed by atoms with van der Waals surface area (Å²) in [6.07, 6.45) is 1.16. The standard InChI is InChI=1S/C15H23ClN2O2S/c1-12(13-5-3-4-6-14(13)16)18(2)15(11-17)7-9-21(19,20)10-8-15/h3-6,12H,7-11,17H2,1-2H3. The van der Waals surface area contributed by atoms with E-state index in [4.69, 9.17) is 17.3 Å². The molecular formula is C15H23ClN2O2S. The fraction of sp³-hybridized carbons (Fsp3) is 0.600. The number of halogens is 1. The van der Waals surface area contributed by atoms with Crippen LogP contribution < -0.4 is 5.73 Å². The molecule has 1 aromatic rings. The van der Waals surface area contributed by atoms with Gasteiger partial charge in [0.2, 0.25) is 0 Å². The van der Waals surface area contributed by atoms with Crippen LogP contribution in [-0.4, -0.2) is 44.0 Å². The zero-order valence-corrected chi connectivity index (χ0v) is 14.1. The van der Waals surface area contributed by atoms with Gasteiger partial charge in [0.05, 0.1) is 11.5 Å². The van der Waals surface area contributed by atoms with Crippen LogP contribution in [0.2, 0.25) is 5.02 Å². The normalized spacial score (nSPS) is 22.1. The number of sulfone groups is 1. The molecule has 1 aliphatic heterocycles. The molecule has 1 aromatic carbocycles. The van der Waals surface area contributed by atoms with Crippen molar-refractivity contribution in [3.8, 4) is 0 Å². The summed E-state index contributed by atoms with van der Waals surface area (Å²) in [6, 6.07) is 7.84. The maximum atomic E-state index is 11.7. The quantitative estimate of drug-likeness (QED) is 0.919. The zero-order chi connectivity index (χ0) is 15.7. The van der Waals surface area contributed by atoms with Crippen molar-refractivity contribution >= 4 is 21.4 Å². The van der Waals surface area contributed by atoms with E-state index in [0.29, 0.717) is 19.4 Å². The van der Waals surface area contributed by atoms with Crippen LogP contribution in [0.15, 0.2) is 24.3 Å². The number of benzene rings is 1. The second kappa shape index (κ2) is 6.24. The molecule has 1 aliphatic rings. The molecule has 6 heteroatoms. The molecule has 0 aliphatic carbocycles. The Labute approximate surface area is 132 Å². The van der Waals surface area contributed by atoms with Crippen molar-refractivity contribution in [2.75, 3.05) is 25.1 Å². The number of hydrogen-bond donors (Lipinski definition) is 1. The summed E-state index contributed by atoms with van der Waals surface area (Å²) in [5.74, 6) is 0.424. The molecule has 4 nitrogen and oxygen atoms in total. The predicted molar refractivity (Wildman–Crippen MR) is 87.3 cm³/mol. The second-order valence-corrected chi connectivity index (χ2v) is 8.60. The van der Waals surface area contributed by atoms with E-state index in [9.17, 15) is 8.42 Å². The summed E-state index contributed by atoms with van der Waals surface area (Å²) in [7, 11) is -0.891. The van der Waals surface area contributed by atoms with E-state index in [-0.39, 0.29) is 23.1 Å². The highest BCUT2D eigenvalue weighted by atomic mass is 35.5. The van der Waals surface area contributed by atoms with Crippen molar-refractivity contribution in [3.63, 3.8) is 0 Å². The van der Waals surface area contributed by atoms with Crippen molar-refractivity contribution < 1.29 is 8.42 Å². The van der Waals surface area contributed by atoms with Crippen LogP contribution in [0.4, 0.5) is 0 Å². The third-order valence-corrected chi connectivity index (χ3v) is 6.82. The molecule has 2 rings (SSSR count). The lowest BCUT2D eigenvalue weighted by Gasteiger charge is -2.46. The maximum absolute atomic E-state index is 11.7. The van der Waals surface area contributed by atoms with Gasteiger partial charge in [-0.25, -0.2) is 8.42 Å². The Kier molecular flexibility index (Phi) is 4.98. The van der Waals surface area contributed by atoms with Gasteiger partial charge in [-0.15, -0.1) is 0 Å². The van der Waals surface area contributed by atoms with Crippen LogP contribution >= 0.6 is 11.6 Å². The van der Waals surface area contributed by atoms with Gasteiger partial charge >= 0.3 is 0 Å². The van der Waals surface area contributed by atoms with Gasteiger partial charge in [-0.2, -0.15) is 0 Å². The Bertz CT molecular complexity index is 589. The van der Waals surface area contributed by atoms with Gasteiger partial charge in [0, 0.05) is 23.1 Å². The maximum Gasteiger partial charge on any atom is 0.150 e. The largest absolute Gasteiger partial charge is 0.329 e. The molecule has 1 unspecified atom stereocenters. The highest BCUT2D eigenvalue weighted by molar-refractivity contribution is 7.91. The predicted octanol–water partition coefficient (Wildman–Crippen LogP) is 2.24. The Balaban J connectivity index is 2.25. The molecule has 0 radical (unpaired) electrons. The third-order valence-electron chi connectivity index (χ3n) is 4.82. The highest BCUT2D eigenvalue weighted by Crippen LogP contribution is 2.36. The average Bonchev–Trinajstić information content (AvgIpc) is 2.47. The smallest absolute Gasteiger partial charge is 0.150 e. The van der Waals surface area contributed by atoms with E-state index < -0.39 is 9.84 Å². The van der Waals surface area contributed by atoms with Crippen LogP contribution in [0.25, 0.3) is 0 Å². The number of hydrogen-bond acceptors (Lipinski definition) is 4. The number of rotatable bonds is 4. The first kappa shape index (κ1) is 16.7. The summed E-state index contributed by atoms with van der Waals surface area (Å²) in [5, 5.41) is 0.729. The van der Waals surface area contributed by atoms with Gasteiger partial charge in [0.1, 0.15) is 9.84 Å². The van der Waals surface area contributed by atoms with Gasteiger partial charge in [-0.3, -0.25) is 4.90 Å². The molecule has 0 saturated carbocycles. The minimum Gasteiger partial charge on any atom is -0.329 e. The van der Waals surface area contributed by atoms with Gasteiger partial charge in [-0.1, -0.05) is 29.8 Å². The van der Waals surface area contributed by atoms with Crippen LogP contribution in [-0.2, 0) is 9.84 Å². The molecule has 0 amide bonds. The van der Waals surface area contributed by atoms with Crippen molar-refractivity contribution in [1.82, 2.24) is 4.90 Å². The molecule has 118 valence electrons. The topological polar surface area (TPSA) is 63.4 Å². The summed E-state index contributed by atoms with van der Waals surface area (Å²) < 4.78 is 23.4. The first-order chi connectivity index (χ1) is 9.81. The van der Waals surface area contributed by atoms with Crippen molar-refractivity contribution in [2.24, 2.45) is 5.73 Å². The monoisotopic (exact) mass is 330 g/mol. The molecule has 0 bridgehead atoms. The van der Waals surface area contributed by atoms with Crippen molar-refractivity contribution in [2.45, 2.75) is 31.3 Å². The zero-order valence-electron chi connectivity index (χ0n) is 12.5. The number of nitrogens with two attached hydrogens (primary N) is 1. The second-order valence-electron chi connectivity index (χ2n) is 5.89. The number of likely N-dealkylation sites (N-methyl/N-ethyl adjacent to an activating group) is 1. The van der Waals surface area contributed by atoms with E-state index in [0.717, 1.165) is 10.6 Å². The Morgan fingerprint density at radius 3 is 2.43 bits per heavy atom. The average molecular weight is 331 g/mol. The highest BCUT2D eigenvalue weighted by Gasteiger charge is 2.41. The van der Waals surface area contributed by atoms with Crippen LogP contribution in [0.3, 0.4) is 0 Å². The van der Waals surface area contributed by atoms with Crippen molar-refractivity contribution in [1.29, 1.82) is 0 Å². The summed E-state index contributed by atoms with van der Waals surface area (Å²) in [4.78, 5) is 2.20. The molecule has 0 aromatic heterocycles. The Hall–Kier alpha value is -0.620. The lowest BCUT2D eigenvalue weighted by molar-refractivity contribution is 0.0741. The van der Waals surface area contributed by atoms with E-state index in [1.165, 1.54) is 0 Å². The van der Waals surface area contributed by atoms with Crippen LogP contribution in [0.5, 0.6) is 0 Å². The van der Waals surface area contributed by atoms with Gasteiger partial charge in [0.15, 0.2) is 0 Å². The molecule has 2 N–H and O–H groups in total. The van der Waals surface area contributed by atoms with Crippen molar-refractivity contribution in [3.05, 3.63) is 34.9 Å². The first-order valence-corrected chi connectivity index (χ1v) is 9.39. The summed E-state index contributed by atoms with van der Waals surface area (Å²) >= 11 is 6.28. The van der Waals surface area contributed by atoms with Crippen LogP contribution in [0, 0.1) is 0 Å².